The third-order valence-corrected chi connectivity index (χ3v) is 4.20. The first kappa shape index (κ1) is 18.2. The quantitative estimate of drug-likeness (QED) is 0.612. The summed E-state index contributed by atoms with van der Waals surface area (Å²) >= 11 is 0. The van der Waals surface area contributed by atoms with E-state index in [1.807, 2.05) is 24.3 Å². The van der Waals surface area contributed by atoms with E-state index < -0.39 is 14.3 Å². The Labute approximate surface area is 143 Å². The summed E-state index contributed by atoms with van der Waals surface area (Å²) in [4.78, 5) is 11.8. The topological polar surface area (TPSA) is 73.4 Å². The number of hydrogen-bond acceptors (Lipinski definition) is 5. The smallest absolute Gasteiger partial charge is 0.358 e. The molecule has 1 N–H and O–H groups in total. The molecule has 7 heteroatoms. The van der Waals surface area contributed by atoms with Crippen molar-refractivity contribution in [2.75, 3.05) is 13.7 Å². The molecule has 2 rings (SSSR count). The van der Waals surface area contributed by atoms with Gasteiger partial charge in [0.2, 0.25) is 0 Å². The number of methoxy groups -OCH3 is 1. The zero-order chi connectivity index (χ0) is 17.7. The number of nitrogens with zero attached hydrogens (tertiary/aromatic N) is 1. The van der Waals surface area contributed by atoms with Crippen LogP contribution in [0.15, 0.2) is 30.3 Å². The third kappa shape index (κ3) is 4.69. The van der Waals surface area contributed by atoms with Crippen LogP contribution < -0.4 is 4.74 Å². The number of carbonyl (C=O) groups excluding carboxylic acids is 1. The number of hydrogen-bond donors (Lipinski definition) is 1. The van der Waals surface area contributed by atoms with Gasteiger partial charge in [-0.1, -0.05) is 12.1 Å². The summed E-state index contributed by atoms with van der Waals surface area (Å²) in [6.07, 6.45) is -0.321. The number of aromatic nitrogens is 2. The van der Waals surface area contributed by atoms with E-state index in [0.717, 1.165) is 17.0 Å². The molecule has 0 aliphatic carbocycles. The van der Waals surface area contributed by atoms with Crippen molar-refractivity contribution < 1.29 is 18.7 Å². The molecule has 0 saturated heterocycles. The van der Waals surface area contributed by atoms with Gasteiger partial charge in [0.05, 0.1) is 19.4 Å². The Morgan fingerprint density at radius 3 is 2.46 bits per heavy atom. The zero-order valence-corrected chi connectivity index (χ0v) is 15.8. The lowest BCUT2D eigenvalue weighted by atomic mass is 10.1. The molecule has 0 radical (unpaired) electrons. The van der Waals surface area contributed by atoms with Crippen molar-refractivity contribution in [3.8, 4) is 5.75 Å². The first-order valence-corrected chi connectivity index (χ1v) is 11.3. The van der Waals surface area contributed by atoms with Crippen molar-refractivity contribution in [2.24, 2.45) is 0 Å². The van der Waals surface area contributed by atoms with Crippen LogP contribution in [-0.2, 0) is 9.16 Å². The number of carbonyl (C=O) groups is 1. The van der Waals surface area contributed by atoms with Crippen molar-refractivity contribution in [1.82, 2.24) is 10.2 Å². The van der Waals surface area contributed by atoms with E-state index in [1.165, 1.54) is 0 Å². The number of benzene rings is 1. The molecular weight excluding hydrogens is 324 g/mol. The van der Waals surface area contributed by atoms with E-state index in [-0.39, 0.29) is 11.8 Å². The van der Waals surface area contributed by atoms with Crippen molar-refractivity contribution in [2.45, 2.75) is 32.7 Å². The Bertz CT molecular complexity index is 677. The summed E-state index contributed by atoms with van der Waals surface area (Å²) in [6, 6.07) is 9.37. The Morgan fingerprint density at radius 1 is 1.25 bits per heavy atom. The Morgan fingerprint density at radius 2 is 1.92 bits per heavy atom. The number of H-pyrrole nitrogens is 1. The molecule has 0 saturated carbocycles. The van der Waals surface area contributed by atoms with Crippen LogP contribution in [0.25, 0.3) is 0 Å². The lowest BCUT2D eigenvalue weighted by Crippen LogP contribution is -2.28. The maximum Gasteiger partial charge on any atom is 0.358 e. The average Bonchev–Trinajstić information content (AvgIpc) is 3.02. The molecule has 2 aromatic rings. The van der Waals surface area contributed by atoms with Gasteiger partial charge in [-0.25, -0.2) is 4.79 Å². The Balaban J connectivity index is 2.33. The standard InChI is InChI=1S/C17H24N2O4Si/c1-6-22-17(20)15-11-14(18-19-15)16(23-24(3,4)5)12-7-9-13(21-2)10-8-12/h7-11,16H,6H2,1-5H3,(H,18,19). The van der Waals surface area contributed by atoms with Crippen molar-refractivity contribution in [3.63, 3.8) is 0 Å². The van der Waals surface area contributed by atoms with Crippen molar-refractivity contribution in [1.29, 1.82) is 0 Å². The fourth-order valence-electron chi connectivity index (χ4n) is 2.22. The molecule has 130 valence electrons. The average molecular weight is 348 g/mol. The number of aromatic amines is 1. The summed E-state index contributed by atoms with van der Waals surface area (Å²) in [5.74, 6) is 0.337. The maximum absolute atomic E-state index is 11.8. The summed E-state index contributed by atoms with van der Waals surface area (Å²) in [7, 11) is -0.206. The first-order chi connectivity index (χ1) is 11.3. The van der Waals surface area contributed by atoms with Gasteiger partial charge in [-0.3, -0.25) is 5.10 Å². The van der Waals surface area contributed by atoms with Crippen LogP contribution in [0.1, 0.15) is 34.8 Å². The summed E-state index contributed by atoms with van der Waals surface area (Å²) in [6.45, 7) is 8.43. The van der Waals surface area contributed by atoms with Crippen molar-refractivity contribution >= 4 is 14.3 Å². The minimum atomic E-state index is -1.84. The van der Waals surface area contributed by atoms with Crippen LogP contribution in [0.3, 0.4) is 0 Å². The third-order valence-electron chi connectivity index (χ3n) is 3.25. The number of ether oxygens (including phenoxy) is 2. The van der Waals surface area contributed by atoms with Crippen LogP contribution in [0, 0.1) is 0 Å². The predicted molar refractivity (Wildman–Crippen MR) is 93.8 cm³/mol. The second kappa shape index (κ2) is 7.63. The van der Waals surface area contributed by atoms with Gasteiger partial charge in [0.25, 0.3) is 0 Å². The van der Waals surface area contributed by atoms with Crippen LogP contribution >= 0.6 is 0 Å². The minimum Gasteiger partial charge on any atom is -0.497 e. The Hall–Kier alpha value is -2.12. The molecule has 1 aromatic heterocycles. The second-order valence-electron chi connectivity index (χ2n) is 6.31. The van der Waals surface area contributed by atoms with E-state index in [1.54, 1.807) is 20.1 Å². The normalized spacial score (nSPS) is 12.7. The molecule has 1 heterocycles. The molecule has 24 heavy (non-hydrogen) atoms. The van der Waals surface area contributed by atoms with Gasteiger partial charge in [-0.15, -0.1) is 0 Å². The van der Waals surface area contributed by atoms with Gasteiger partial charge in [0.15, 0.2) is 14.0 Å². The summed E-state index contributed by atoms with van der Waals surface area (Å²) < 4.78 is 16.5. The molecule has 1 unspecified atom stereocenters. The van der Waals surface area contributed by atoms with Crippen LogP contribution in [0.2, 0.25) is 19.6 Å². The van der Waals surface area contributed by atoms with E-state index in [2.05, 4.69) is 29.8 Å². The van der Waals surface area contributed by atoms with Gasteiger partial charge in [-0.2, -0.15) is 5.10 Å². The second-order valence-corrected chi connectivity index (χ2v) is 10.8. The Kier molecular flexibility index (Phi) is 5.79. The molecule has 1 aromatic carbocycles. The molecule has 0 aliphatic heterocycles. The van der Waals surface area contributed by atoms with E-state index in [0.29, 0.717) is 6.61 Å². The highest BCUT2D eigenvalue weighted by molar-refractivity contribution is 6.69. The molecule has 0 bridgehead atoms. The molecule has 1 atom stereocenters. The monoisotopic (exact) mass is 348 g/mol. The van der Waals surface area contributed by atoms with E-state index >= 15 is 0 Å². The van der Waals surface area contributed by atoms with Crippen molar-refractivity contribution in [3.05, 3.63) is 47.3 Å². The molecule has 0 fully saturated rings. The largest absolute Gasteiger partial charge is 0.497 e. The molecule has 0 aliphatic rings. The highest BCUT2D eigenvalue weighted by Crippen LogP contribution is 2.30. The highest BCUT2D eigenvalue weighted by Gasteiger charge is 2.26. The highest BCUT2D eigenvalue weighted by atomic mass is 28.4. The van der Waals surface area contributed by atoms with Gasteiger partial charge in [0, 0.05) is 0 Å². The number of rotatable bonds is 7. The summed E-state index contributed by atoms with van der Waals surface area (Å²) in [5.41, 5.74) is 1.95. The lowest BCUT2D eigenvalue weighted by Gasteiger charge is -2.26. The van der Waals surface area contributed by atoms with Crippen LogP contribution in [-0.4, -0.2) is 38.2 Å². The number of nitrogens with one attached hydrogen (secondary N) is 1. The van der Waals surface area contributed by atoms with Crippen LogP contribution in [0.4, 0.5) is 0 Å². The number of esters is 1. The van der Waals surface area contributed by atoms with Gasteiger partial charge in [-0.05, 0) is 50.3 Å². The SMILES string of the molecule is CCOC(=O)c1cc(C(O[Si](C)(C)C)c2ccc(OC)cc2)[nH]n1. The fourth-order valence-corrected chi connectivity index (χ4v) is 3.19. The molecule has 0 amide bonds. The molecule has 6 nitrogen and oxygen atoms in total. The van der Waals surface area contributed by atoms with E-state index in [4.69, 9.17) is 13.9 Å². The molecular formula is C17H24N2O4Si. The maximum atomic E-state index is 11.8. The van der Waals surface area contributed by atoms with Gasteiger partial charge >= 0.3 is 5.97 Å². The first-order valence-electron chi connectivity index (χ1n) is 7.88. The fraction of sp³-hybridized carbons (Fsp3) is 0.412. The van der Waals surface area contributed by atoms with Gasteiger partial charge in [0.1, 0.15) is 11.9 Å². The summed E-state index contributed by atoms with van der Waals surface area (Å²) in [5, 5.41) is 6.97. The van der Waals surface area contributed by atoms with Crippen LogP contribution in [0.5, 0.6) is 5.75 Å². The minimum absolute atomic E-state index is 0.254. The zero-order valence-electron chi connectivity index (χ0n) is 14.8. The van der Waals surface area contributed by atoms with Gasteiger partial charge < -0.3 is 13.9 Å². The molecule has 0 spiro atoms. The van der Waals surface area contributed by atoms with E-state index in [9.17, 15) is 4.79 Å². The predicted octanol–water partition coefficient (Wildman–Crippen LogP) is 3.54. The lowest BCUT2D eigenvalue weighted by molar-refractivity contribution is 0.0519.